The Balaban J connectivity index is 2.93. The van der Waals surface area contributed by atoms with Crippen LogP contribution in [0.15, 0.2) is 18.5 Å². The van der Waals surface area contributed by atoms with Gasteiger partial charge in [0, 0.05) is 19.5 Å². The summed E-state index contributed by atoms with van der Waals surface area (Å²) in [6.45, 7) is 3.70. The van der Waals surface area contributed by atoms with Gasteiger partial charge in [0.05, 0.1) is 18.1 Å². The maximum absolute atomic E-state index is 10.8. The average Bonchev–Trinajstić information content (AvgIpc) is 2.66. The van der Waals surface area contributed by atoms with Crippen LogP contribution in [0.3, 0.4) is 0 Å². The standard InChI is InChI=1S/C10H16N2O3/c1-10(2,15-3)8(7-9(13)14)12-6-4-5-11-12/h4-6,8H,7H2,1-3H3,(H,13,14). The first-order valence-electron chi connectivity index (χ1n) is 4.73. The molecule has 0 aliphatic carbocycles. The van der Waals surface area contributed by atoms with Crippen LogP contribution in [-0.4, -0.2) is 33.6 Å². The molecular formula is C10H16N2O3. The summed E-state index contributed by atoms with van der Waals surface area (Å²) in [6.07, 6.45) is 3.36. The molecular weight excluding hydrogens is 196 g/mol. The quantitative estimate of drug-likeness (QED) is 0.799. The third-order valence-corrected chi connectivity index (χ3v) is 2.54. The Kier molecular flexibility index (Phi) is 3.47. The van der Waals surface area contributed by atoms with Gasteiger partial charge >= 0.3 is 5.97 Å². The molecule has 0 bridgehead atoms. The van der Waals surface area contributed by atoms with Crippen LogP contribution >= 0.6 is 0 Å². The van der Waals surface area contributed by atoms with Gasteiger partial charge in [-0.3, -0.25) is 9.48 Å². The Morgan fingerprint density at radius 1 is 1.67 bits per heavy atom. The van der Waals surface area contributed by atoms with Crippen LogP contribution in [0.4, 0.5) is 0 Å². The highest BCUT2D eigenvalue weighted by molar-refractivity contribution is 5.67. The van der Waals surface area contributed by atoms with E-state index in [-0.39, 0.29) is 12.5 Å². The maximum Gasteiger partial charge on any atom is 0.305 e. The highest BCUT2D eigenvalue weighted by Gasteiger charge is 2.33. The molecule has 1 unspecified atom stereocenters. The lowest BCUT2D eigenvalue weighted by molar-refractivity contribution is -0.140. The summed E-state index contributed by atoms with van der Waals surface area (Å²) < 4.78 is 6.92. The molecule has 1 aromatic heterocycles. The average molecular weight is 212 g/mol. The van der Waals surface area contributed by atoms with Gasteiger partial charge in [-0.25, -0.2) is 0 Å². The SMILES string of the molecule is COC(C)(C)C(CC(=O)O)n1cccn1. The summed E-state index contributed by atoms with van der Waals surface area (Å²) in [5.74, 6) is -0.861. The summed E-state index contributed by atoms with van der Waals surface area (Å²) in [4.78, 5) is 10.8. The molecule has 0 saturated heterocycles. The van der Waals surface area contributed by atoms with Gasteiger partial charge < -0.3 is 9.84 Å². The Hall–Kier alpha value is -1.36. The largest absolute Gasteiger partial charge is 0.481 e. The maximum atomic E-state index is 10.8. The van der Waals surface area contributed by atoms with Crippen LogP contribution < -0.4 is 0 Å². The Morgan fingerprint density at radius 3 is 2.73 bits per heavy atom. The Morgan fingerprint density at radius 2 is 2.33 bits per heavy atom. The van der Waals surface area contributed by atoms with Crippen molar-refractivity contribution in [3.8, 4) is 0 Å². The summed E-state index contributed by atoms with van der Waals surface area (Å²) in [6, 6.07) is 1.45. The van der Waals surface area contributed by atoms with E-state index in [1.807, 2.05) is 13.8 Å². The van der Waals surface area contributed by atoms with Crippen molar-refractivity contribution < 1.29 is 14.6 Å². The van der Waals surface area contributed by atoms with Crippen molar-refractivity contribution in [1.29, 1.82) is 0 Å². The lowest BCUT2D eigenvalue weighted by Gasteiger charge is -2.32. The monoisotopic (exact) mass is 212 g/mol. The highest BCUT2D eigenvalue weighted by atomic mass is 16.5. The smallest absolute Gasteiger partial charge is 0.305 e. The minimum Gasteiger partial charge on any atom is -0.481 e. The number of carboxylic acid groups (broad SMARTS) is 1. The molecule has 1 atom stereocenters. The van der Waals surface area contributed by atoms with Gasteiger partial charge in [0.2, 0.25) is 0 Å². The van der Waals surface area contributed by atoms with Crippen LogP contribution in [0.2, 0.25) is 0 Å². The number of aliphatic carboxylic acids is 1. The fourth-order valence-electron chi connectivity index (χ4n) is 1.42. The lowest BCUT2D eigenvalue weighted by Crippen LogP contribution is -2.37. The first-order valence-corrected chi connectivity index (χ1v) is 4.73. The summed E-state index contributed by atoms with van der Waals surface area (Å²) in [7, 11) is 1.57. The molecule has 0 aromatic carbocycles. The van der Waals surface area contributed by atoms with E-state index in [4.69, 9.17) is 9.84 Å². The molecule has 0 aliphatic rings. The van der Waals surface area contributed by atoms with Gasteiger partial charge in [0.1, 0.15) is 0 Å². The molecule has 0 amide bonds. The molecule has 1 aromatic rings. The third kappa shape index (κ3) is 2.79. The normalized spacial score (nSPS) is 13.8. The first-order chi connectivity index (χ1) is 6.97. The molecule has 0 radical (unpaired) electrons. The van der Waals surface area contributed by atoms with Crippen molar-refractivity contribution in [3.05, 3.63) is 18.5 Å². The zero-order valence-electron chi connectivity index (χ0n) is 9.17. The Labute approximate surface area is 88.7 Å². The fraction of sp³-hybridized carbons (Fsp3) is 0.600. The summed E-state index contributed by atoms with van der Waals surface area (Å²) >= 11 is 0. The number of hydrogen-bond donors (Lipinski definition) is 1. The van der Waals surface area contributed by atoms with Crippen LogP contribution in [0.5, 0.6) is 0 Å². The number of carbonyl (C=O) groups is 1. The molecule has 5 nitrogen and oxygen atoms in total. The van der Waals surface area contributed by atoms with Crippen molar-refractivity contribution >= 4 is 5.97 Å². The highest BCUT2D eigenvalue weighted by Crippen LogP contribution is 2.27. The zero-order valence-corrected chi connectivity index (χ0v) is 9.17. The second kappa shape index (κ2) is 4.44. The fourth-order valence-corrected chi connectivity index (χ4v) is 1.42. The number of ether oxygens (including phenoxy) is 1. The van der Waals surface area contributed by atoms with Crippen molar-refractivity contribution in [2.45, 2.75) is 31.9 Å². The molecule has 15 heavy (non-hydrogen) atoms. The van der Waals surface area contributed by atoms with Gasteiger partial charge in [0.15, 0.2) is 0 Å². The molecule has 1 heterocycles. The molecule has 84 valence electrons. The van der Waals surface area contributed by atoms with Crippen LogP contribution in [-0.2, 0) is 9.53 Å². The number of rotatable bonds is 5. The van der Waals surface area contributed by atoms with E-state index in [1.165, 1.54) is 0 Å². The number of nitrogens with zero attached hydrogens (tertiary/aromatic N) is 2. The van der Waals surface area contributed by atoms with Gasteiger partial charge in [-0.1, -0.05) is 0 Å². The summed E-state index contributed by atoms with van der Waals surface area (Å²) in [5.41, 5.74) is -0.565. The lowest BCUT2D eigenvalue weighted by atomic mass is 9.96. The predicted molar refractivity (Wildman–Crippen MR) is 54.6 cm³/mol. The van der Waals surface area contributed by atoms with Crippen molar-refractivity contribution in [1.82, 2.24) is 9.78 Å². The third-order valence-electron chi connectivity index (χ3n) is 2.54. The summed E-state index contributed by atoms with van der Waals surface area (Å²) in [5, 5.41) is 12.9. The molecule has 1 rings (SSSR count). The molecule has 0 saturated carbocycles. The Bertz CT molecular complexity index is 319. The van der Waals surface area contributed by atoms with Gasteiger partial charge in [-0.2, -0.15) is 5.10 Å². The minimum absolute atomic E-state index is 0.0114. The van der Waals surface area contributed by atoms with Crippen molar-refractivity contribution in [2.75, 3.05) is 7.11 Å². The molecule has 0 fully saturated rings. The van der Waals surface area contributed by atoms with Crippen molar-refractivity contribution in [3.63, 3.8) is 0 Å². The second-order valence-corrected chi connectivity index (χ2v) is 3.91. The zero-order chi connectivity index (χ0) is 11.5. The topological polar surface area (TPSA) is 64.3 Å². The van der Waals surface area contributed by atoms with E-state index < -0.39 is 11.6 Å². The minimum atomic E-state index is -0.861. The van der Waals surface area contributed by atoms with Crippen LogP contribution in [0.25, 0.3) is 0 Å². The van der Waals surface area contributed by atoms with E-state index in [0.717, 1.165) is 0 Å². The van der Waals surface area contributed by atoms with Gasteiger partial charge in [-0.15, -0.1) is 0 Å². The van der Waals surface area contributed by atoms with Gasteiger partial charge in [0.25, 0.3) is 0 Å². The van der Waals surface area contributed by atoms with Gasteiger partial charge in [-0.05, 0) is 19.9 Å². The first kappa shape index (κ1) is 11.7. The van der Waals surface area contributed by atoms with Crippen LogP contribution in [0, 0.1) is 0 Å². The predicted octanol–water partition coefficient (Wildman–Crippen LogP) is 1.32. The molecule has 0 aliphatic heterocycles. The van der Waals surface area contributed by atoms with E-state index in [1.54, 1.807) is 30.3 Å². The van der Waals surface area contributed by atoms with E-state index in [2.05, 4.69) is 5.10 Å². The van der Waals surface area contributed by atoms with Crippen molar-refractivity contribution in [2.24, 2.45) is 0 Å². The number of carboxylic acids is 1. The second-order valence-electron chi connectivity index (χ2n) is 3.91. The molecule has 5 heteroatoms. The number of methoxy groups -OCH3 is 1. The number of hydrogen-bond acceptors (Lipinski definition) is 3. The molecule has 1 N–H and O–H groups in total. The molecule has 0 spiro atoms. The van der Waals surface area contributed by atoms with Crippen LogP contribution in [0.1, 0.15) is 26.3 Å². The van der Waals surface area contributed by atoms with E-state index in [9.17, 15) is 4.79 Å². The van der Waals surface area contributed by atoms with E-state index in [0.29, 0.717) is 0 Å². The number of aromatic nitrogens is 2. The van der Waals surface area contributed by atoms with E-state index >= 15 is 0 Å².